The Balaban J connectivity index is 4.51. The van der Waals surface area contributed by atoms with Crippen LogP contribution in [-0.4, -0.2) is 28.2 Å². The average molecular weight is 199 g/mol. The van der Waals surface area contributed by atoms with Crippen LogP contribution in [0.3, 0.4) is 0 Å². The normalized spacial score (nSPS) is 12.9. The molecule has 0 unspecified atom stereocenters. The molecule has 13 heavy (non-hydrogen) atoms. The van der Waals surface area contributed by atoms with Gasteiger partial charge in [-0.2, -0.15) is 0 Å². The van der Waals surface area contributed by atoms with E-state index in [1.807, 2.05) is 0 Å². The zero-order valence-electron chi connectivity index (χ0n) is 9.98. The predicted octanol–water partition coefficient (Wildman–Crippen LogP) is 2.12. The van der Waals surface area contributed by atoms with Crippen molar-refractivity contribution in [2.45, 2.75) is 47.0 Å². The highest BCUT2D eigenvalue weighted by molar-refractivity contribution is 6.21. The fourth-order valence-electron chi connectivity index (χ4n) is 1.75. The monoisotopic (exact) mass is 199 g/mol. The van der Waals surface area contributed by atoms with E-state index < -0.39 is 0 Å². The van der Waals surface area contributed by atoms with Crippen molar-refractivity contribution in [3.8, 4) is 0 Å². The minimum absolute atomic E-state index is 1.17. The number of rotatable bonds is 6. The highest BCUT2D eigenvalue weighted by Gasteiger charge is 2.06. The molecular weight excluding hydrogens is 174 g/mol. The van der Waals surface area contributed by atoms with Gasteiger partial charge in [-0.1, -0.05) is 26.0 Å². The highest BCUT2D eigenvalue weighted by Crippen LogP contribution is 2.14. The molecule has 0 rings (SSSR count). The van der Waals surface area contributed by atoms with Crippen LogP contribution >= 0.6 is 0 Å². The van der Waals surface area contributed by atoms with Crippen LogP contribution in [0.4, 0.5) is 0 Å². The van der Waals surface area contributed by atoms with Crippen LogP contribution in [0.25, 0.3) is 0 Å². The Kier molecular flexibility index (Phi) is 7.05. The van der Waals surface area contributed by atoms with Gasteiger partial charge in [0.2, 0.25) is 0 Å². The van der Waals surface area contributed by atoms with Crippen LogP contribution in [0, 0.1) is 0 Å². The van der Waals surface area contributed by atoms with Gasteiger partial charge in [0.15, 0.2) is 0 Å². The third-order valence-electron chi connectivity index (χ3n) is 2.61. The second-order valence-electron chi connectivity index (χ2n) is 3.51. The fourth-order valence-corrected chi connectivity index (χ4v) is 2.42. The van der Waals surface area contributed by atoms with Gasteiger partial charge < -0.3 is 4.90 Å². The summed E-state index contributed by atoms with van der Waals surface area (Å²) in [7, 11) is 1.23. The number of allylic oxidation sites excluding steroid dienone is 2. The lowest BCUT2D eigenvalue weighted by molar-refractivity contribution is 0.350. The molecule has 0 heterocycles. The molecule has 78 valence electrons. The van der Waals surface area contributed by atoms with Crippen molar-refractivity contribution in [2.24, 2.45) is 0 Å². The van der Waals surface area contributed by atoms with Crippen molar-refractivity contribution < 1.29 is 0 Å². The maximum absolute atomic E-state index is 2.55. The van der Waals surface area contributed by atoms with Gasteiger partial charge in [0.1, 0.15) is 0 Å². The molecule has 2 heteroatoms. The van der Waals surface area contributed by atoms with E-state index in [1.165, 1.54) is 42.6 Å². The Morgan fingerprint density at radius 2 is 1.69 bits per heavy atom. The van der Waals surface area contributed by atoms with Crippen LogP contribution < -0.4 is 0 Å². The molecular formula is C11H25NSi. The summed E-state index contributed by atoms with van der Waals surface area (Å²) in [5.41, 5.74) is 1.62. The van der Waals surface area contributed by atoms with Gasteiger partial charge >= 0.3 is 0 Å². The molecule has 0 spiro atoms. The summed E-state index contributed by atoms with van der Waals surface area (Å²) in [4.78, 5) is 2.55. The second-order valence-corrected chi connectivity index (χ2v) is 4.72. The van der Waals surface area contributed by atoms with Crippen LogP contribution in [0.5, 0.6) is 0 Å². The third kappa shape index (κ3) is 3.99. The van der Waals surface area contributed by atoms with Gasteiger partial charge in [-0.05, 0) is 26.2 Å². The van der Waals surface area contributed by atoms with Crippen LogP contribution in [-0.2, 0) is 0 Å². The summed E-state index contributed by atoms with van der Waals surface area (Å²) >= 11 is 0. The van der Waals surface area contributed by atoms with E-state index in [0.29, 0.717) is 0 Å². The van der Waals surface area contributed by atoms with E-state index in [4.69, 9.17) is 0 Å². The molecule has 0 fully saturated rings. The maximum atomic E-state index is 2.55. The van der Waals surface area contributed by atoms with Gasteiger partial charge in [0, 0.05) is 29.0 Å². The largest absolute Gasteiger partial charge is 0.375 e. The van der Waals surface area contributed by atoms with Crippen molar-refractivity contribution in [3.05, 3.63) is 10.9 Å². The van der Waals surface area contributed by atoms with Crippen molar-refractivity contribution >= 4 is 10.2 Å². The number of hydrogen-bond donors (Lipinski definition) is 0. The molecule has 0 amide bonds. The van der Waals surface area contributed by atoms with Crippen molar-refractivity contribution in [2.75, 3.05) is 13.1 Å². The number of hydrogen-bond acceptors (Lipinski definition) is 1. The Morgan fingerprint density at radius 3 is 2.00 bits per heavy atom. The molecule has 0 aliphatic rings. The minimum Gasteiger partial charge on any atom is -0.375 e. The topological polar surface area (TPSA) is 3.24 Å². The summed E-state index contributed by atoms with van der Waals surface area (Å²) in [6.45, 7) is 11.5. The molecule has 0 saturated carbocycles. The van der Waals surface area contributed by atoms with E-state index in [0.717, 1.165) is 0 Å². The first-order chi connectivity index (χ1) is 6.21. The van der Waals surface area contributed by atoms with Crippen molar-refractivity contribution in [1.82, 2.24) is 4.90 Å². The second kappa shape index (κ2) is 7.19. The van der Waals surface area contributed by atoms with Crippen molar-refractivity contribution in [1.29, 1.82) is 0 Å². The Labute approximate surface area is 86.6 Å². The molecule has 0 aromatic rings. The van der Waals surface area contributed by atoms with Gasteiger partial charge in [0.25, 0.3) is 0 Å². The summed E-state index contributed by atoms with van der Waals surface area (Å²) in [6.07, 6.45) is 3.71. The molecule has 0 aromatic heterocycles. The minimum atomic E-state index is 1.17. The molecule has 0 aromatic carbocycles. The lowest BCUT2D eigenvalue weighted by Crippen LogP contribution is -2.24. The van der Waals surface area contributed by atoms with Crippen LogP contribution in [0.1, 0.15) is 47.0 Å². The smallest absolute Gasteiger partial charge is 0.0355 e. The zero-order valence-corrected chi connectivity index (χ0v) is 12.0. The molecule has 0 aliphatic heterocycles. The van der Waals surface area contributed by atoms with Gasteiger partial charge in [-0.15, -0.1) is 0 Å². The Morgan fingerprint density at radius 1 is 1.08 bits per heavy atom. The molecule has 0 radical (unpaired) electrons. The molecule has 0 N–H and O–H groups in total. The molecule has 0 atom stereocenters. The van der Waals surface area contributed by atoms with Crippen LogP contribution in [0.2, 0.25) is 0 Å². The average Bonchev–Trinajstić information content (AvgIpc) is 2.17. The lowest BCUT2D eigenvalue weighted by atomic mass is 10.2. The van der Waals surface area contributed by atoms with Gasteiger partial charge in [-0.3, -0.25) is 0 Å². The molecule has 0 saturated heterocycles. The standard InChI is InChI=1S/C11H25NSi/c1-5-9-12(8-4)10(6-2)11(13)7-3/h5-9H2,1-4,13H3. The predicted molar refractivity (Wildman–Crippen MR) is 65.1 cm³/mol. The maximum Gasteiger partial charge on any atom is 0.0355 e. The molecule has 0 bridgehead atoms. The van der Waals surface area contributed by atoms with Crippen molar-refractivity contribution in [3.63, 3.8) is 0 Å². The number of nitrogens with zero attached hydrogens (tertiary/aromatic N) is 1. The summed E-state index contributed by atoms with van der Waals surface area (Å²) in [6, 6.07) is 0. The molecule has 1 nitrogen and oxygen atoms in total. The first-order valence-electron chi connectivity index (χ1n) is 5.64. The lowest BCUT2D eigenvalue weighted by Gasteiger charge is -2.27. The Bertz CT molecular complexity index is 163. The van der Waals surface area contributed by atoms with Crippen LogP contribution in [0.15, 0.2) is 10.9 Å². The van der Waals surface area contributed by atoms with Gasteiger partial charge in [0.05, 0.1) is 0 Å². The van der Waals surface area contributed by atoms with E-state index >= 15 is 0 Å². The SMILES string of the molecule is CCCN(CC)C(CC)=C([SiH3])CC. The van der Waals surface area contributed by atoms with E-state index in [2.05, 4.69) is 32.6 Å². The summed E-state index contributed by atoms with van der Waals surface area (Å²) in [5.74, 6) is 0. The fraction of sp³-hybridized carbons (Fsp3) is 0.818. The quantitative estimate of drug-likeness (QED) is 0.592. The van der Waals surface area contributed by atoms with E-state index in [9.17, 15) is 0 Å². The first-order valence-corrected chi connectivity index (χ1v) is 6.64. The zero-order chi connectivity index (χ0) is 10.3. The highest BCUT2D eigenvalue weighted by atomic mass is 28.1. The summed E-state index contributed by atoms with van der Waals surface area (Å²) in [5, 5.41) is 1.69. The Hall–Kier alpha value is -0.243. The van der Waals surface area contributed by atoms with Gasteiger partial charge in [-0.25, -0.2) is 0 Å². The van der Waals surface area contributed by atoms with E-state index in [-0.39, 0.29) is 0 Å². The summed E-state index contributed by atoms with van der Waals surface area (Å²) < 4.78 is 0. The van der Waals surface area contributed by atoms with E-state index in [1.54, 1.807) is 10.9 Å². The third-order valence-corrected chi connectivity index (χ3v) is 3.90. The molecule has 0 aliphatic carbocycles. The first kappa shape index (κ1) is 12.8.